The van der Waals surface area contributed by atoms with Crippen LogP contribution in [0.5, 0.6) is 5.75 Å². The summed E-state index contributed by atoms with van der Waals surface area (Å²) in [7, 11) is 1.64. The molecule has 1 atom stereocenters. The number of nitrogens with two attached hydrogens (primary N) is 1. The molecule has 0 radical (unpaired) electrons. The number of methoxy groups -OCH3 is 1. The van der Waals surface area contributed by atoms with E-state index >= 15 is 0 Å². The molecule has 0 saturated carbocycles. The number of aliphatic imine (C=N–C) groups is 1. The Labute approximate surface area is 115 Å². The highest BCUT2D eigenvalue weighted by Gasteiger charge is 2.20. The lowest BCUT2D eigenvalue weighted by Crippen LogP contribution is -2.49. The van der Waals surface area contributed by atoms with Gasteiger partial charge in [-0.05, 0) is 30.4 Å². The number of rotatable bonds is 2. The first-order chi connectivity index (χ1) is 9.17. The van der Waals surface area contributed by atoms with Crippen molar-refractivity contribution < 1.29 is 4.74 Å². The molecule has 1 aliphatic heterocycles. The van der Waals surface area contributed by atoms with Gasteiger partial charge in [0.15, 0.2) is 17.2 Å². The Morgan fingerprint density at radius 2 is 2.26 bits per heavy atom. The third kappa shape index (κ3) is 2.08. The first kappa shape index (κ1) is 11.8. The molecule has 1 aromatic heterocycles. The molecule has 2 aromatic rings. The van der Waals surface area contributed by atoms with E-state index in [0.29, 0.717) is 11.1 Å². The third-order valence-electron chi connectivity index (χ3n) is 2.99. The van der Waals surface area contributed by atoms with E-state index in [0.717, 1.165) is 22.2 Å². The van der Waals surface area contributed by atoms with Crippen LogP contribution in [-0.4, -0.2) is 23.2 Å². The summed E-state index contributed by atoms with van der Waals surface area (Å²) in [6.07, 6.45) is 1.60. The highest BCUT2D eigenvalue weighted by Crippen LogP contribution is 2.28. The molecule has 1 aliphatic rings. The lowest BCUT2D eigenvalue weighted by molar-refractivity contribution is 0.415. The first-order valence-corrected chi connectivity index (χ1v) is 6.14. The van der Waals surface area contributed by atoms with Crippen LogP contribution >= 0.6 is 12.2 Å². The van der Waals surface area contributed by atoms with E-state index in [9.17, 15) is 0 Å². The van der Waals surface area contributed by atoms with Crippen LogP contribution in [0.3, 0.4) is 0 Å². The van der Waals surface area contributed by atoms with Gasteiger partial charge >= 0.3 is 0 Å². The van der Waals surface area contributed by atoms with Crippen molar-refractivity contribution in [1.29, 1.82) is 0 Å². The van der Waals surface area contributed by atoms with Gasteiger partial charge in [0.05, 0.1) is 7.11 Å². The summed E-state index contributed by atoms with van der Waals surface area (Å²) in [4.78, 5) is 7.50. The van der Waals surface area contributed by atoms with Crippen molar-refractivity contribution >= 4 is 34.2 Å². The molecule has 98 valence electrons. The maximum Gasteiger partial charge on any atom is 0.197 e. The minimum atomic E-state index is -0.297. The first-order valence-electron chi connectivity index (χ1n) is 5.73. The Kier molecular flexibility index (Phi) is 2.75. The zero-order valence-corrected chi connectivity index (χ0v) is 11.0. The van der Waals surface area contributed by atoms with Crippen molar-refractivity contribution in [1.82, 2.24) is 15.6 Å². The Morgan fingerprint density at radius 1 is 1.42 bits per heavy atom. The average Bonchev–Trinajstić information content (AvgIpc) is 2.80. The van der Waals surface area contributed by atoms with Crippen LogP contribution in [0.1, 0.15) is 11.7 Å². The molecule has 0 spiro atoms. The van der Waals surface area contributed by atoms with Gasteiger partial charge in [-0.1, -0.05) is 0 Å². The maximum atomic E-state index is 5.70. The summed E-state index contributed by atoms with van der Waals surface area (Å²) < 4.78 is 5.24. The third-order valence-corrected chi connectivity index (χ3v) is 3.21. The van der Waals surface area contributed by atoms with E-state index in [4.69, 9.17) is 22.7 Å². The standard InChI is InChI=1S/C12H13N5OS/c1-18-6-2-3-9-7(4-6)8(5-14-9)10-15-11(13)17-12(19)16-10/h2-5,10,14H,1H3,(H4,13,15,16,17,19). The van der Waals surface area contributed by atoms with E-state index in [2.05, 4.69) is 20.6 Å². The van der Waals surface area contributed by atoms with Gasteiger partial charge < -0.3 is 26.1 Å². The molecule has 2 heterocycles. The van der Waals surface area contributed by atoms with Gasteiger partial charge in [0.2, 0.25) is 0 Å². The molecular formula is C12H13N5OS. The largest absolute Gasteiger partial charge is 0.497 e. The number of aromatic amines is 1. The molecule has 7 heteroatoms. The SMILES string of the molecule is COc1ccc2[nH]cc(C3N=C(N)NC(=S)N3)c2c1. The van der Waals surface area contributed by atoms with Gasteiger partial charge in [-0.15, -0.1) is 0 Å². The number of aromatic nitrogens is 1. The minimum absolute atomic E-state index is 0.297. The molecule has 3 rings (SSSR count). The molecule has 0 saturated heterocycles. The van der Waals surface area contributed by atoms with Crippen molar-refractivity contribution in [3.05, 3.63) is 30.0 Å². The van der Waals surface area contributed by atoms with Crippen molar-refractivity contribution in [3.63, 3.8) is 0 Å². The van der Waals surface area contributed by atoms with E-state index in [1.54, 1.807) is 7.11 Å². The zero-order chi connectivity index (χ0) is 13.4. The molecule has 5 N–H and O–H groups in total. The number of ether oxygens (including phenoxy) is 1. The number of hydrogen-bond acceptors (Lipinski definition) is 4. The highest BCUT2D eigenvalue weighted by atomic mass is 32.1. The van der Waals surface area contributed by atoms with Crippen molar-refractivity contribution in [3.8, 4) is 5.75 Å². The molecule has 1 aromatic carbocycles. The Hall–Kier alpha value is -2.28. The summed E-state index contributed by atoms with van der Waals surface area (Å²) in [6, 6.07) is 5.82. The van der Waals surface area contributed by atoms with E-state index in [-0.39, 0.29) is 6.17 Å². The second-order valence-corrected chi connectivity index (χ2v) is 4.58. The number of guanidine groups is 1. The van der Waals surface area contributed by atoms with Gasteiger partial charge in [0.1, 0.15) is 5.75 Å². The monoisotopic (exact) mass is 275 g/mol. The van der Waals surface area contributed by atoms with Crippen LogP contribution in [0.4, 0.5) is 0 Å². The summed E-state index contributed by atoms with van der Waals surface area (Å²) in [5, 5.41) is 7.32. The molecule has 0 amide bonds. The van der Waals surface area contributed by atoms with Crippen molar-refractivity contribution in [2.45, 2.75) is 6.17 Å². The molecule has 0 bridgehead atoms. The van der Waals surface area contributed by atoms with Gasteiger partial charge in [-0.3, -0.25) is 0 Å². The van der Waals surface area contributed by atoms with Gasteiger partial charge in [-0.25, -0.2) is 4.99 Å². The second-order valence-electron chi connectivity index (χ2n) is 4.17. The van der Waals surface area contributed by atoms with Crippen LogP contribution in [0, 0.1) is 0 Å². The number of hydrogen-bond donors (Lipinski definition) is 4. The number of H-pyrrole nitrogens is 1. The fourth-order valence-electron chi connectivity index (χ4n) is 2.10. The van der Waals surface area contributed by atoms with Crippen molar-refractivity contribution in [2.24, 2.45) is 10.7 Å². The fraction of sp³-hybridized carbons (Fsp3) is 0.167. The smallest absolute Gasteiger partial charge is 0.197 e. The fourth-order valence-corrected chi connectivity index (χ4v) is 2.32. The number of nitrogens with zero attached hydrogens (tertiary/aromatic N) is 1. The predicted molar refractivity (Wildman–Crippen MR) is 78.1 cm³/mol. The average molecular weight is 275 g/mol. The topological polar surface area (TPSA) is 87.5 Å². The number of nitrogens with one attached hydrogen (secondary N) is 3. The van der Waals surface area contributed by atoms with Crippen LogP contribution in [-0.2, 0) is 0 Å². The van der Waals surface area contributed by atoms with Crippen molar-refractivity contribution in [2.75, 3.05) is 7.11 Å². The van der Waals surface area contributed by atoms with Gasteiger partial charge in [-0.2, -0.15) is 0 Å². The highest BCUT2D eigenvalue weighted by molar-refractivity contribution is 7.80. The number of thiocarbonyl (C=S) groups is 1. The molecule has 1 unspecified atom stereocenters. The quantitative estimate of drug-likeness (QED) is 0.613. The molecule has 0 fully saturated rings. The summed E-state index contributed by atoms with van der Waals surface area (Å²) >= 11 is 5.09. The van der Waals surface area contributed by atoms with E-state index in [1.165, 1.54) is 0 Å². The van der Waals surface area contributed by atoms with Crippen LogP contribution < -0.4 is 21.1 Å². The summed E-state index contributed by atoms with van der Waals surface area (Å²) in [5.41, 5.74) is 7.68. The zero-order valence-electron chi connectivity index (χ0n) is 10.2. The maximum absolute atomic E-state index is 5.70. The van der Waals surface area contributed by atoms with E-state index in [1.807, 2.05) is 24.4 Å². The van der Waals surface area contributed by atoms with Crippen LogP contribution in [0.25, 0.3) is 10.9 Å². The molecule has 6 nitrogen and oxygen atoms in total. The Bertz CT molecular complexity index is 678. The van der Waals surface area contributed by atoms with Crippen LogP contribution in [0.2, 0.25) is 0 Å². The summed E-state index contributed by atoms with van der Waals surface area (Å²) in [6.45, 7) is 0. The van der Waals surface area contributed by atoms with Gasteiger partial charge in [0, 0.05) is 22.7 Å². The Morgan fingerprint density at radius 3 is 3.00 bits per heavy atom. The lowest BCUT2D eigenvalue weighted by atomic mass is 10.1. The Balaban J connectivity index is 2.09. The predicted octanol–water partition coefficient (Wildman–Crippen LogP) is 0.967. The lowest BCUT2D eigenvalue weighted by Gasteiger charge is -2.22. The molecular weight excluding hydrogens is 262 g/mol. The summed E-state index contributed by atoms with van der Waals surface area (Å²) in [5.74, 6) is 1.10. The molecule has 19 heavy (non-hydrogen) atoms. The van der Waals surface area contributed by atoms with Gasteiger partial charge in [0.25, 0.3) is 0 Å². The van der Waals surface area contributed by atoms with Crippen LogP contribution in [0.15, 0.2) is 29.4 Å². The number of benzene rings is 1. The second kappa shape index (κ2) is 4.43. The van der Waals surface area contributed by atoms with E-state index < -0.39 is 0 Å². The minimum Gasteiger partial charge on any atom is -0.497 e. The molecule has 0 aliphatic carbocycles. The number of fused-ring (bicyclic) bond motifs is 1. The normalized spacial score (nSPS) is 18.7.